The minimum Gasteiger partial charge on any atom is -0.508 e. The number of hydrogen-bond acceptors (Lipinski definition) is 5. The fraction of sp³-hybridized carbons (Fsp3) is 0.458. The van der Waals surface area contributed by atoms with Gasteiger partial charge in [-0.05, 0) is 56.0 Å². The average Bonchev–Trinajstić information content (AvgIpc) is 3.48. The maximum atomic E-state index is 13.0. The summed E-state index contributed by atoms with van der Waals surface area (Å²) in [5.41, 5.74) is 1.39. The highest BCUT2D eigenvalue weighted by Crippen LogP contribution is 2.22. The number of ether oxygens (including phenoxy) is 3. The molecule has 2 fully saturated rings. The Labute approximate surface area is 182 Å². The molecule has 166 valence electrons. The minimum absolute atomic E-state index is 0.0187. The van der Waals surface area contributed by atoms with Gasteiger partial charge < -0.3 is 29.5 Å². The lowest BCUT2D eigenvalue weighted by Gasteiger charge is -2.26. The van der Waals surface area contributed by atoms with E-state index in [1.807, 2.05) is 36.4 Å². The summed E-state index contributed by atoms with van der Waals surface area (Å²) in [5.74, 6) is 0.930. The highest BCUT2D eigenvalue weighted by Gasteiger charge is 2.24. The molecule has 2 aromatic carbocycles. The smallest absolute Gasteiger partial charge is 0.322 e. The molecule has 2 atom stereocenters. The van der Waals surface area contributed by atoms with Crippen molar-refractivity contribution < 1.29 is 24.1 Å². The van der Waals surface area contributed by atoms with Crippen LogP contribution in [0.25, 0.3) is 0 Å². The van der Waals surface area contributed by atoms with Gasteiger partial charge in [0.1, 0.15) is 18.1 Å². The second-order valence-corrected chi connectivity index (χ2v) is 8.04. The van der Waals surface area contributed by atoms with Gasteiger partial charge in [-0.15, -0.1) is 0 Å². The zero-order chi connectivity index (χ0) is 21.5. The molecule has 7 nitrogen and oxygen atoms in total. The minimum atomic E-state index is -0.230. The van der Waals surface area contributed by atoms with E-state index in [1.165, 1.54) is 0 Å². The molecule has 31 heavy (non-hydrogen) atoms. The monoisotopic (exact) mass is 426 g/mol. The predicted molar refractivity (Wildman–Crippen MR) is 117 cm³/mol. The zero-order valence-electron chi connectivity index (χ0n) is 17.7. The fourth-order valence-electron chi connectivity index (χ4n) is 3.91. The fourth-order valence-corrected chi connectivity index (χ4v) is 3.91. The molecule has 2 N–H and O–H groups in total. The molecule has 4 rings (SSSR count). The first-order valence-electron chi connectivity index (χ1n) is 11.0. The van der Waals surface area contributed by atoms with E-state index in [0.29, 0.717) is 30.9 Å². The molecule has 2 aliphatic heterocycles. The van der Waals surface area contributed by atoms with Crippen LogP contribution in [0, 0.1) is 0 Å². The first kappa shape index (κ1) is 21.5. The molecule has 2 aromatic rings. The highest BCUT2D eigenvalue weighted by atomic mass is 16.5. The molecule has 2 aliphatic rings. The van der Waals surface area contributed by atoms with Gasteiger partial charge in [0.2, 0.25) is 0 Å². The van der Waals surface area contributed by atoms with Gasteiger partial charge in [-0.2, -0.15) is 0 Å². The van der Waals surface area contributed by atoms with Crippen molar-refractivity contribution in [2.45, 2.75) is 44.4 Å². The number of hydrogen-bond donors (Lipinski definition) is 2. The molecule has 7 heteroatoms. The molecular formula is C24H30N2O5. The lowest BCUT2D eigenvalue weighted by atomic mass is 10.1. The topological polar surface area (TPSA) is 80.3 Å². The quantitative estimate of drug-likeness (QED) is 0.662. The van der Waals surface area contributed by atoms with E-state index < -0.39 is 0 Å². The van der Waals surface area contributed by atoms with Crippen LogP contribution in [0.5, 0.6) is 11.5 Å². The van der Waals surface area contributed by atoms with Crippen LogP contribution >= 0.6 is 0 Å². The van der Waals surface area contributed by atoms with E-state index in [9.17, 15) is 9.90 Å². The van der Waals surface area contributed by atoms with Crippen LogP contribution in [-0.4, -0.2) is 54.6 Å². The van der Waals surface area contributed by atoms with Crippen LogP contribution in [0.2, 0.25) is 0 Å². The Morgan fingerprint density at radius 1 is 1.03 bits per heavy atom. The zero-order valence-corrected chi connectivity index (χ0v) is 17.7. The standard InChI is InChI=1S/C24H30N2O5/c27-23-8-2-1-5-18(23)15-26(16-21-6-3-13-29-21)24(28)25-19-9-11-20(12-10-19)31-17-22-7-4-14-30-22/h1-2,5,8-12,21-22,27H,3-4,6-7,13-17H2,(H,25,28). The highest BCUT2D eigenvalue weighted by molar-refractivity contribution is 5.89. The molecule has 0 spiro atoms. The second kappa shape index (κ2) is 10.5. The summed E-state index contributed by atoms with van der Waals surface area (Å²) in [6.07, 6.45) is 4.24. The number of amides is 2. The average molecular weight is 427 g/mol. The summed E-state index contributed by atoms with van der Waals surface area (Å²) in [4.78, 5) is 14.7. The maximum absolute atomic E-state index is 13.0. The van der Waals surface area contributed by atoms with Crippen LogP contribution in [0.15, 0.2) is 48.5 Å². The van der Waals surface area contributed by atoms with Gasteiger partial charge in [0, 0.05) is 31.0 Å². The molecule has 0 radical (unpaired) electrons. The van der Waals surface area contributed by atoms with Crippen LogP contribution in [0.1, 0.15) is 31.2 Å². The summed E-state index contributed by atoms with van der Waals surface area (Å²) in [7, 11) is 0. The number of nitrogens with one attached hydrogen (secondary N) is 1. The number of carbonyl (C=O) groups excluding carboxylic acids is 1. The van der Waals surface area contributed by atoms with Crippen molar-refractivity contribution in [3.8, 4) is 11.5 Å². The number of aromatic hydroxyl groups is 1. The lowest BCUT2D eigenvalue weighted by molar-refractivity contribution is 0.0679. The van der Waals surface area contributed by atoms with Crippen molar-refractivity contribution in [1.82, 2.24) is 4.90 Å². The van der Waals surface area contributed by atoms with E-state index >= 15 is 0 Å². The van der Waals surface area contributed by atoms with E-state index in [1.54, 1.807) is 17.0 Å². The van der Waals surface area contributed by atoms with Crippen LogP contribution < -0.4 is 10.1 Å². The summed E-state index contributed by atoms with van der Waals surface area (Å²) < 4.78 is 17.1. The Morgan fingerprint density at radius 3 is 2.42 bits per heavy atom. The third-order valence-electron chi connectivity index (χ3n) is 5.65. The van der Waals surface area contributed by atoms with Gasteiger partial charge in [-0.3, -0.25) is 0 Å². The Balaban J connectivity index is 1.37. The van der Waals surface area contributed by atoms with Gasteiger partial charge in [0.05, 0.1) is 18.8 Å². The van der Waals surface area contributed by atoms with Gasteiger partial charge in [-0.25, -0.2) is 4.79 Å². The van der Waals surface area contributed by atoms with Gasteiger partial charge >= 0.3 is 6.03 Å². The van der Waals surface area contributed by atoms with Gasteiger partial charge in [0.15, 0.2) is 0 Å². The van der Waals surface area contributed by atoms with Crippen molar-refractivity contribution in [1.29, 1.82) is 0 Å². The third-order valence-corrected chi connectivity index (χ3v) is 5.65. The number of urea groups is 1. The number of carbonyl (C=O) groups is 1. The molecular weight excluding hydrogens is 396 g/mol. The van der Waals surface area contributed by atoms with Crippen LogP contribution in [-0.2, 0) is 16.0 Å². The number of benzene rings is 2. The molecule has 0 aromatic heterocycles. The number of anilines is 1. The summed E-state index contributed by atoms with van der Waals surface area (Å²) in [6.45, 7) is 2.86. The van der Waals surface area contributed by atoms with Crippen molar-refractivity contribution in [2.75, 3.05) is 31.7 Å². The van der Waals surface area contributed by atoms with E-state index in [2.05, 4.69) is 5.32 Å². The predicted octanol–water partition coefficient (Wildman–Crippen LogP) is 4.16. The van der Waals surface area contributed by atoms with Crippen molar-refractivity contribution in [3.63, 3.8) is 0 Å². The molecule has 2 amide bonds. The van der Waals surface area contributed by atoms with E-state index in [4.69, 9.17) is 14.2 Å². The SMILES string of the molecule is O=C(Nc1ccc(OCC2CCCO2)cc1)N(Cc1ccccc1O)CC1CCCO1. The van der Waals surface area contributed by atoms with Gasteiger partial charge in [-0.1, -0.05) is 18.2 Å². The number of phenols is 1. The molecule has 2 unspecified atom stereocenters. The number of para-hydroxylation sites is 1. The van der Waals surface area contributed by atoms with E-state index in [-0.39, 0.29) is 24.0 Å². The van der Waals surface area contributed by atoms with Crippen LogP contribution in [0.4, 0.5) is 10.5 Å². The Morgan fingerprint density at radius 2 is 1.74 bits per heavy atom. The van der Waals surface area contributed by atoms with E-state index in [0.717, 1.165) is 44.6 Å². The molecule has 2 heterocycles. The summed E-state index contributed by atoms with van der Waals surface area (Å²) in [6, 6.07) is 14.2. The Kier molecular flexibility index (Phi) is 7.27. The number of rotatable bonds is 8. The summed E-state index contributed by atoms with van der Waals surface area (Å²) >= 11 is 0. The molecule has 2 saturated heterocycles. The molecule has 0 bridgehead atoms. The first-order valence-corrected chi connectivity index (χ1v) is 11.0. The van der Waals surface area contributed by atoms with Gasteiger partial charge in [0.25, 0.3) is 0 Å². The number of nitrogens with zero attached hydrogens (tertiary/aromatic N) is 1. The maximum Gasteiger partial charge on any atom is 0.322 e. The van der Waals surface area contributed by atoms with Crippen molar-refractivity contribution >= 4 is 11.7 Å². The normalized spacial score (nSPS) is 20.5. The second-order valence-electron chi connectivity index (χ2n) is 8.04. The third kappa shape index (κ3) is 6.12. The Bertz CT molecular complexity index is 845. The van der Waals surface area contributed by atoms with Crippen molar-refractivity contribution in [3.05, 3.63) is 54.1 Å². The molecule has 0 saturated carbocycles. The lowest BCUT2D eigenvalue weighted by Crippen LogP contribution is -2.39. The first-order chi connectivity index (χ1) is 15.2. The summed E-state index contributed by atoms with van der Waals surface area (Å²) in [5, 5.41) is 13.1. The molecule has 0 aliphatic carbocycles. The Hall–Kier alpha value is -2.77. The van der Waals surface area contributed by atoms with Crippen molar-refractivity contribution in [2.24, 2.45) is 0 Å². The van der Waals surface area contributed by atoms with Crippen LogP contribution in [0.3, 0.4) is 0 Å². The number of phenolic OH excluding ortho intramolecular Hbond substituents is 1. The largest absolute Gasteiger partial charge is 0.508 e.